The summed E-state index contributed by atoms with van der Waals surface area (Å²) in [5, 5.41) is 0. The summed E-state index contributed by atoms with van der Waals surface area (Å²) in [5.74, 6) is 0.541. The van der Waals surface area contributed by atoms with Gasteiger partial charge < -0.3 is 37.2 Å². The molecular weight excluding hydrogens is 491 g/mol. The summed E-state index contributed by atoms with van der Waals surface area (Å²) in [6.45, 7) is 4.68. The first-order valence-corrected chi connectivity index (χ1v) is 11.3. The van der Waals surface area contributed by atoms with Crippen LogP contribution in [0.3, 0.4) is 0 Å². The summed E-state index contributed by atoms with van der Waals surface area (Å²) in [5.41, 5.74) is 6.83. The van der Waals surface area contributed by atoms with Gasteiger partial charge in [0.25, 0.3) is 0 Å². The molecule has 0 spiro atoms. The first kappa shape index (κ1) is 28.8. The van der Waals surface area contributed by atoms with Crippen LogP contribution in [0.4, 0.5) is 0 Å². The van der Waals surface area contributed by atoms with Crippen LogP contribution in [0.2, 0.25) is 0 Å². The van der Waals surface area contributed by atoms with Crippen molar-refractivity contribution < 1.29 is 57.7 Å². The molecule has 0 saturated heterocycles. The maximum Gasteiger partial charge on any atom is -1.00 e. The number of halogens is 3. The summed E-state index contributed by atoms with van der Waals surface area (Å²) in [6, 6.07) is 33.2. The second-order valence-electron chi connectivity index (χ2n) is 7.87. The zero-order chi connectivity index (χ0) is 20.3. The Morgan fingerprint density at radius 1 is 0.719 bits per heavy atom. The Morgan fingerprint density at radius 3 is 1.44 bits per heavy atom. The number of hydrogen-bond acceptors (Lipinski definition) is 0. The van der Waals surface area contributed by atoms with Gasteiger partial charge in [-0.25, -0.2) is 0 Å². The fourth-order valence-corrected chi connectivity index (χ4v) is 5.58. The van der Waals surface area contributed by atoms with Crippen LogP contribution in [0, 0.1) is 5.92 Å². The van der Waals surface area contributed by atoms with E-state index in [1.54, 1.807) is 5.57 Å². The van der Waals surface area contributed by atoms with Gasteiger partial charge in [0.1, 0.15) is 0 Å². The third-order valence-electron chi connectivity index (χ3n) is 6.30. The van der Waals surface area contributed by atoms with Crippen LogP contribution in [0.1, 0.15) is 43.4 Å². The molecule has 0 saturated carbocycles. The quantitative estimate of drug-likeness (QED) is 0.268. The van der Waals surface area contributed by atoms with Crippen LogP contribution in [0.5, 0.6) is 0 Å². The minimum atomic E-state index is -0.281. The number of benzene rings is 3. The molecular formula is C28H27Cl3Ti. The van der Waals surface area contributed by atoms with E-state index in [1.165, 1.54) is 26.1 Å². The maximum absolute atomic E-state index is 2.43. The maximum atomic E-state index is 2.43. The Balaban J connectivity index is 0.00000171. The molecule has 3 aromatic rings. The smallest absolute Gasteiger partial charge is 1.00 e. The molecule has 0 heterocycles. The molecule has 32 heavy (non-hydrogen) atoms. The van der Waals surface area contributed by atoms with Crippen molar-refractivity contribution in [3.63, 3.8) is 0 Å². The fraction of sp³-hybridized carbons (Fsp3) is 0.214. The van der Waals surface area contributed by atoms with E-state index in [1.807, 2.05) is 0 Å². The summed E-state index contributed by atoms with van der Waals surface area (Å²) in [6.07, 6.45) is 4.59. The molecule has 0 amide bonds. The van der Waals surface area contributed by atoms with E-state index in [-0.39, 0.29) is 42.6 Å². The fourth-order valence-electron chi connectivity index (χ4n) is 4.80. The van der Waals surface area contributed by atoms with Crippen LogP contribution in [0.15, 0.2) is 112 Å². The van der Waals surface area contributed by atoms with Crippen molar-refractivity contribution in [3.8, 4) is 0 Å². The van der Waals surface area contributed by atoms with Crippen LogP contribution in [0.25, 0.3) is 0 Å². The molecule has 1 unspecified atom stereocenters. The molecule has 0 bridgehead atoms. The van der Waals surface area contributed by atoms with Crippen molar-refractivity contribution in [2.45, 2.75) is 32.1 Å². The molecule has 0 aliphatic heterocycles. The molecule has 0 N–H and O–H groups in total. The summed E-state index contributed by atoms with van der Waals surface area (Å²) in [7, 11) is 0. The molecule has 3 aromatic carbocycles. The van der Waals surface area contributed by atoms with Crippen LogP contribution < -0.4 is 37.2 Å². The Labute approximate surface area is 223 Å². The van der Waals surface area contributed by atoms with Crippen LogP contribution in [-0.2, 0) is 25.9 Å². The molecule has 0 fully saturated rings. The van der Waals surface area contributed by atoms with Crippen molar-refractivity contribution in [2.75, 3.05) is 0 Å². The van der Waals surface area contributed by atoms with Gasteiger partial charge in [-0.05, 0) is 0 Å². The van der Waals surface area contributed by atoms with Crippen molar-refractivity contribution >= 4 is 0 Å². The van der Waals surface area contributed by atoms with Gasteiger partial charge >= 0.3 is 187 Å². The van der Waals surface area contributed by atoms with Gasteiger partial charge in [-0.1, -0.05) is 0 Å². The van der Waals surface area contributed by atoms with Crippen molar-refractivity contribution in [3.05, 3.63) is 129 Å². The van der Waals surface area contributed by atoms with Gasteiger partial charge in [-0.2, -0.15) is 0 Å². The zero-order valence-electron chi connectivity index (χ0n) is 18.4. The predicted octanol–water partition coefficient (Wildman–Crippen LogP) is -1.79. The van der Waals surface area contributed by atoms with E-state index in [9.17, 15) is 0 Å². The van der Waals surface area contributed by atoms with Crippen molar-refractivity contribution in [1.82, 2.24) is 0 Å². The minimum Gasteiger partial charge on any atom is -1.00 e. The second-order valence-corrected chi connectivity index (χ2v) is 8.71. The van der Waals surface area contributed by atoms with Crippen molar-refractivity contribution in [1.29, 1.82) is 0 Å². The van der Waals surface area contributed by atoms with E-state index in [4.69, 9.17) is 0 Å². The number of allylic oxidation sites excluding steroid dienone is 4. The van der Waals surface area contributed by atoms with Gasteiger partial charge in [0, 0.05) is 0 Å². The van der Waals surface area contributed by atoms with E-state index >= 15 is 0 Å². The third-order valence-corrected chi connectivity index (χ3v) is 7.04. The largest absolute Gasteiger partial charge is 1.00 e. The number of rotatable bonds is 6. The van der Waals surface area contributed by atoms with E-state index < -0.39 is 0 Å². The summed E-state index contributed by atoms with van der Waals surface area (Å²) >= 11 is 2.29. The van der Waals surface area contributed by atoms with Crippen molar-refractivity contribution in [2.24, 2.45) is 5.92 Å². The standard InChI is InChI=1S/C28H27.3ClH.Ti/c1-3-22(2)26-20-13-21-27(26)28(23-14-7-4-8-15-23,24-16-9-5-10-17-24)25-18-11-6-12-19-25;;;;/h4-19,22H,3,21H2,1-2H3;3*1H;/q;;;;+3/p-3. The van der Waals surface area contributed by atoms with E-state index in [0.29, 0.717) is 5.92 Å². The monoisotopic (exact) mass is 516 g/mol. The molecule has 0 aromatic heterocycles. The number of hydrogen-bond donors (Lipinski definition) is 0. The molecule has 0 nitrogen and oxygen atoms in total. The molecule has 1 aliphatic carbocycles. The SMILES string of the molecule is CCC(C)C1=C(C(c2ccccc2)(c2ccccc2)c2ccccc2)CC=[C]1[Ti+3].[Cl-].[Cl-].[Cl-]. The Morgan fingerprint density at radius 2 is 1.09 bits per heavy atom. The van der Waals surface area contributed by atoms with Gasteiger partial charge in [0.2, 0.25) is 0 Å². The first-order chi connectivity index (χ1) is 14.2. The predicted molar refractivity (Wildman–Crippen MR) is 118 cm³/mol. The summed E-state index contributed by atoms with van der Waals surface area (Å²) in [4.78, 5) is 0. The Bertz CT molecular complexity index is 931. The molecule has 4 rings (SSSR count). The zero-order valence-corrected chi connectivity index (χ0v) is 22.2. The molecule has 0 radical (unpaired) electrons. The Kier molecular flexibility index (Phi) is 11.5. The van der Waals surface area contributed by atoms with Gasteiger partial charge in [0.05, 0.1) is 0 Å². The second kappa shape index (κ2) is 12.8. The third kappa shape index (κ3) is 5.11. The van der Waals surface area contributed by atoms with E-state index in [0.717, 1.165) is 12.8 Å². The topological polar surface area (TPSA) is 0 Å². The first-order valence-electron chi connectivity index (χ1n) is 10.5. The van der Waals surface area contributed by atoms with Crippen LogP contribution in [-0.4, -0.2) is 0 Å². The average molecular weight is 518 g/mol. The van der Waals surface area contributed by atoms with E-state index in [2.05, 4.69) is 131 Å². The molecule has 4 heteroatoms. The molecule has 164 valence electrons. The van der Waals surface area contributed by atoms with Gasteiger partial charge in [-0.15, -0.1) is 0 Å². The molecule has 1 aliphatic rings. The van der Waals surface area contributed by atoms with Crippen LogP contribution >= 0.6 is 0 Å². The average Bonchev–Trinajstić information content (AvgIpc) is 3.18. The normalized spacial score (nSPS) is 13.9. The molecule has 1 atom stereocenters. The Hall–Kier alpha value is -1.28. The van der Waals surface area contributed by atoms with Gasteiger partial charge in [0.15, 0.2) is 0 Å². The minimum absolute atomic E-state index is 0. The summed E-state index contributed by atoms with van der Waals surface area (Å²) < 4.78 is 1.45. The van der Waals surface area contributed by atoms with Gasteiger partial charge in [-0.3, -0.25) is 0 Å².